The topological polar surface area (TPSA) is 91.6 Å². The van der Waals surface area contributed by atoms with Crippen LogP contribution in [0, 0.1) is 23.4 Å². The van der Waals surface area contributed by atoms with Crippen molar-refractivity contribution >= 4 is 11.8 Å². The SMILES string of the molecule is CCC1CCC(C)C2Cn3cc(C(=O)N[C@H](C)c4c(F)cc(F)cc4F)c(=O)c(O)c3C(=O)N12. The van der Waals surface area contributed by atoms with E-state index < -0.39 is 57.6 Å². The zero-order chi connectivity index (χ0) is 24.9. The molecule has 3 heterocycles. The summed E-state index contributed by atoms with van der Waals surface area (Å²) in [5.41, 5.74) is -2.26. The molecular formula is C24H26F3N3O4. The molecule has 2 amide bonds. The predicted molar refractivity (Wildman–Crippen MR) is 117 cm³/mol. The lowest BCUT2D eigenvalue weighted by atomic mass is 9.84. The molecule has 1 fully saturated rings. The molecule has 0 saturated carbocycles. The minimum atomic E-state index is -1.24. The van der Waals surface area contributed by atoms with Crippen LogP contribution in [0.25, 0.3) is 0 Å². The van der Waals surface area contributed by atoms with Gasteiger partial charge in [0.1, 0.15) is 23.0 Å². The van der Waals surface area contributed by atoms with Crippen LogP contribution < -0.4 is 10.7 Å². The summed E-state index contributed by atoms with van der Waals surface area (Å²) in [5, 5.41) is 12.9. The van der Waals surface area contributed by atoms with E-state index in [0.717, 1.165) is 19.3 Å². The van der Waals surface area contributed by atoms with Gasteiger partial charge in [0, 0.05) is 36.5 Å². The molecule has 0 radical (unpaired) electrons. The predicted octanol–water partition coefficient (Wildman–Crippen LogP) is 3.50. The number of piperidine rings is 1. The molecule has 1 saturated heterocycles. The smallest absolute Gasteiger partial charge is 0.275 e. The Morgan fingerprint density at radius 2 is 1.85 bits per heavy atom. The van der Waals surface area contributed by atoms with Gasteiger partial charge in [-0.2, -0.15) is 0 Å². The van der Waals surface area contributed by atoms with Crippen LogP contribution in [0.3, 0.4) is 0 Å². The fraction of sp³-hybridized carbons (Fsp3) is 0.458. The minimum Gasteiger partial charge on any atom is -0.503 e. The number of aromatic hydroxyl groups is 1. The fourth-order valence-corrected chi connectivity index (χ4v) is 5.13. The number of hydrogen-bond acceptors (Lipinski definition) is 4. The maximum atomic E-state index is 14.1. The van der Waals surface area contributed by atoms with Crippen molar-refractivity contribution in [2.45, 2.75) is 64.7 Å². The van der Waals surface area contributed by atoms with Gasteiger partial charge in [0.05, 0.1) is 12.1 Å². The van der Waals surface area contributed by atoms with Gasteiger partial charge in [0.2, 0.25) is 5.43 Å². The summed E-state index contributed by atoms with van der Waals surface area (Å²) in [6.07, 6.45) is 3.71. The van der Waals surface area contributed by atoms with Crippen LogP contribution in [0.15, 0.2) is 23.1 Å². The van der Waals surface area contributed by atoms with Crippen molar-refractivity contribution in [2.75, 3.05) is 0 Å². The summed E-state index contributed by atoms with van der Waals surface area (Å²) in [4.78, 5) is 40.7. The Balaban J connectivity index is 1.69. The lowest BCUT2D eigenvalue weighted by molar-refractivity contribution is 0.0149. The molecule has 0 bridgehead atoms. The van der Waals surface area contributed by atoms with Gasteiger partial charge >= 0.3 is 0 Å². The Kier molecular flexibility index (Phi) is 6.18. The van der Waals surface area contributed by atoms with Gasteiger partial charge in [-0.3, -0.25) is 14.4 Å². The normalized spacial score (nSPS) is 22.7. The number of amides is 2. The minimum absolute atomic E-state index is 0.00118. The van der Waals surface area contributed by atoms with E-state index in [1.807, 2.05) is 13.8 Å². The van der Waals surface area contributed by atoms with Crippen LogP contribution in [0.2, 0.25) is 0 Å². The standard InChI is InChI=1S/C24H26F3N3O4/c1-4-14-6-5-11(2)18-10-29-9-15(21(31)22(32)20(29)24(34)30(14)18)23(33)28-12(3)19-16(26)7-13(25)8-17(19)27/h7-9,11-12,14,18,32H,4-6,10H2,1-3H3,(H,28,33)/t11?,12-,14?,18?/m1/s1. The molecule has 7 nitrogen and oxygen atoms in total. The zero-order valence-electron chi connectivity index (χ0n) is 19.1. The van der Waals surface area contributed by atoms with Crippen molar-refractivity contribution in [1.82, 2.24) is 14.8 Å². The molecule has 2 aliphatic heterocycles. The van der Waals surface area contributed by atoms with Crippen LogP contribution in [0.1, 0.15) is 72.5 Å². The fourth-order valence-electron chi connectivity index (χ4n) is 5.13. The van der Waals surface area contributed by atoms with E-state index in [1.165, 1.54) is 17.7 Å². The molecule has 1 aromatic heterocycles. The van der Waals surface area contributed by atoms with Crippen LogP contribution in [0.5, 0.6) is 5.75 Å². The van der Waals surface area contributed by atoms with E-state index in [0.29, 0.717) is 18.7 Å². The van der Waals surface area contributed by atoms with Crippen molar-refractivity contribution in [3.05, 3.63) is 62.8 Å². The van der Waals surface area contributed by atoms with Gasteiger partial charge in [0.25, 0.3) is 11.8 Å². The molecule has 2 aromatic rings. The molecular weight excluding hydrogens is 451 g/mol. The van der Waals surface area contributed by atoms with Crippen molar-refractivity contribution < 1.29 is 27.9 Å². The molecule has 2 N–H and O–H groups in total. The number of rotatable bonds is 4. The molecule has 34 heavy (non-hydrogen) atoms. The highest BCUT2D eigenvalue weighted by molar-refractivity contribution is 5.99. The molecule has 4 rings (SSSR count). The lowest BCUT2D eigenvalue weighted by Crippen LogP contribution is -2.58. The first-order chi connectivity index (χ1) is 16.0. The summed E-state index contributed by atoms with van der Waals surface area (Å²) in [6.45, 7) is 5.59. The van der Waals surface area contributed by atoms with Crippen LogP contribution in [-0.2, 0) is 6.54 Å². The average Bonchev–Trinajstić information content (AvgIpc) is 2.76. The number of benzene rings is 1. The molecule has 1 aromatic carbocycles. The van der Waals surface area contributed by atoms with Crippen molar-refractivity contribution in [1.29, 1.82) is 0 Å². The van der Waals surface area contributed by atoms with Crippen molar-refractivity contribution in [2.24, 2.45) is 5.92 Å². The first kappa shape index (κ1) is 23.8. The van der Waals surface area contributed by atoms with E-state index >= 15 is 0 Å². The average molecular weight is 477 g/mol. The first-order valence-corrected chi connectivity index (χ1v) is 11.3. The quantitative estimate of drug-likeness (QED) is 0.705. The van der Waals surface area contributed by atoms with Gasteiger partial charge in [-0.1, -0.05) is 13.8 Å². The van der Waals surface area contributed by atoms with E-state index in [4.69, 9.17) is 0 Å². The van der Waals surface area contributed by atoms with Gasteiger partial charge in [0.15, 0.2) is 11.4 Å². The van der Waals surface area contributed by atoms with E-state index in [1.54, 1.807) is 4.90 Å². The number of pyridine rings is 1. The molecule has 182 valence electrons. The number of carbonyl (C=O) groups excluding carboxylic acids is 2. The van der Waals surface area contributed by atoms with E-state index in [9.17, 15) is 32.7 Å². The highest BCUT2D eigenvalue weighted by atomic mass is 19.1. The maximum absolute atomic E-state index is 14.1. The van der Waals surface area contributed by atoms with Crippen molar-refractivity contribution in [3.8, 4) is 5.75 Å². The Hall–Kier alpha value is -3.30. The summed E-state index contributed by atoms with van der Waals surface area (Å²) in [5.74, 6) is -5.56. The second-order valence-electron chi connectivity index (χ2n) is 9.10. The van der Waals surface area contributed by atoms with Crippen LogP contribution >= 0.6 is 0 Å². The summed E-state index contributed by atoms with van der Waals surface area (Å²) >= 11 is 0. The third-order valence-corrected chi connectivity index (χ3v) is 6.98. The summed E-state index contributed by atoms with van der Waals surface area (Å²) in [7, 11) is 0. The monoisotopic (exact) mass is 477 g/mol. The number of halogens is 3. The lowest BCUT2D eigenvalue weighted by Gasteiger charge is -2.48. The molecule has 0 spiro atoms. The summed E-state index contributed by atoms with van der Waals surface area (Å²) < 4.78 is 42.8. The Morgan fingerprint density at radius 3 is 2.47 bits per heavy atom. The number of nitrogens with one attached hydrogen (secondary N) is 1. The molecule has 10 heteroatoms. The summed E-state index contributed by atoms with van der Waals surface area (Å²) in [6, 6.07) is -0.407. The molecule has 3 unspecified atom stereocenters. The number of carbonyl (C=O) groups is 2. The molecule has 2 aliphatic rings. The van der Waals surface area contributed by atoms with Gasteiger partial charge in [-0.25, -0.2) is 13.2 Å². The van der Waals surface area contributed by atoms with E-state index in [-0.39, 0.29) is 23.7 Å². The Morgan fingerprint density at radius 1 is 1.21 bits per heavy atom. The van der Waals surface area contributed by atoms with E-state index in [2.05, 4.69) is 5.32 Å². The Bertz CT molecular complexity index is 1210. The first-order valence-electron chi connectivity index (χ1n) is 11.3. The zero-order valence-corrected chi connectivity index (χ0v) is 19.1. The van der Waals surface area contributed by atoms with Gasteiger partial charge in [-0.05, 0) is 32.1 Å². The number of fused-ring (bicyclic) bond motifs is 2. The highest BCUT2D eigenvalue weighted by Crippen LogP contribution is 2.36. The second-order valence-corrected chi connectivity index (χ2v) is 9.10. The Labute approximate surface area is 194 Å². The molecule has 0 aliphatic carbocycles. The van der Waals surface area contributed by atoms with Crippen molar-refractivity contribution in [3.63, 3.8) is 0 Å². The third kappa shape index (κ3) is 3.84. The van der Waals surface area contributed by atoms with Gasteiger partial charge < -0.3 is 19.9 Å². The number of aromatic nitrogens is 1. The molecule has 4 atom stereocenters. The van der Waals surface area contributed by atoms with Crippen LogP contribution in [-0.4, -0.2) is 38.5 Å². The number of nitrogens with zero attached hydrogens (tertiary/aromatic N) is 2. The van der Waals surface area contributed by atoms with Gasteiger partial charge in [-0.15, -0.1) is 0 Å². The third-order valence-electron chi connectivity index (χ3n) is 6.98. The number of hydrogen-bond donors (Lipinski definition) is 2. The maximum Gasteiger partial charge on any atom is 0.275 e. The van der Waals surface area contributed by atoms with Crippen LogP contribution in [0.4, 0.5) is 13.2 Å². The highest BCUT2D eigenvalue weighted by Gasteiger charge is 2.43. The second kappa shape index (κ2) is 8.81. The largest absolute Gasteiger partial charge is 0.503 e.